The van der Waals surface area contributed by atoms with Crippen LogP contribution in [0.3, 0.4) is 0 Å². The molecule has 0 saturated heterocycles. The largest absolute Gasteiger partial charge is 0.573 e. The quantitative estimate of drug-likeness (QED) is 0.493. The molecule has 0 atom stereocenters. The van der Waals surface area contributed by atoms with E-state index in [2.05, 4.69) is 46.6 Å². The fourth-order valence-electron chi connectivity index (χ4n) is 1.41. The summed E-state index contributed by atoms with van der Waals surface area (Å²) in [6, 6.07) is 4.47. The number of alkyl halides is 3. The maximum atomic E-state index is 12.3. The molecule has 2 N–H and O–H groups in total. The van der Waals surface area contributed by atoms with Gasteiger partial charge in [-0.05, 0) is 55.9 Å². The van der Waals surface area contributed by atoms with Gasteiger partial charge in [0.1, 0.15) is 17.4 Å². The van der Waals surface area contributed by atoms with Crippen LogP contribution in [0.2, 0.25) is 0 Å². The van der Waals surface area contributed by atoms with Crippen LogP contribution in [0.1, 0.15) is 5.82 Å². The van der Waals surface area contributed by atoms with Gasteiger partial charge in [-0.3, -0.25) is 0 Å². The molecular weight excluding hydrogens is 496 g/mol. The van der Waals surface area contributed by atoms with Crippen LogP contribution in [0, 0.1) is 14.9 Å². The Morgan fingerprint density at radius 3 is 2.78 bits per heavy atom. The Morgan fingerprint density at radius 2 is 2.22 bits per heavy atom. The zero-order valence-corrected chi connectivity index (χ0v) is 14.6. The molecule has 0 radical (unpaired) electrons. The van der Waals surface area contributed by atoms with Gasteiger partial charge in [0.2, 0.25) is 5.82 Å². The predicted octanol–water partition coefficient (Wildman–Crippen LogP) is 3.44. The van der Waals surface area contributed by atoms with Gasteiger partial charge in [0.25, 0.3) is 0 Å². The van der Waals surface area contributed by atoms with E-state index in [1.54, 1.807) is 0 Å². The summed E-state index contributed by atoms with van der Waals surface area (Å²) in [7, 11) is 0. The van der Waals surface area contributed by atoms with Crippen LogP contribution < -0.4 is 10.1 Å². The number of allylic oxidation sites excluding steroid dienone is 1. The van der Waals surface area contributed by atoms with Crippen LogP contribution in [0.5, 0.6) is 5.75 Å². The van der Waals surface area contributed by atoms with Crippen LogP contribution in [0.15, 0.2) is 22.8 Å². The van der Waals surface area contributed by atoms with Gasteiger partial charge < -0.3 is 10.1 Å². The van der Waals surface area contributed by atoms with Gasteiger partial charge in [-0.15, -0.1) is 23.4 Å². The van der Waals surface area contributed by atoms with E-state index in [4.69, 9.17) is 5.26 Å². The Kier molecular flexibility index (Phi) is 5.42. The van der Waals surface area contributed by atoms with Gasteiger partial charge in [0.15, 0.2) is 0 Å². The number of rotatable bonds is 4. The molecule has 2 rings (SSSR count). The van der Waals surface area contributed by atoms with Crippen molar-refractivity contribution in [2.45, 2.75) is 6.36 Å². The van der Waals surface area contributed by atoms with E-state index in [9.17, 15) is 13.2 Å². The Bertz CT molecular complexity index is 771. The number of aromatic nitrogens is 4. The lowest BCUT2D eigenvalue weighted by Gasteiger charge is -2.13. The first-order chi connectivity index (χ1) is 10.8. The lowest BCUT2D eigenvalue weighted by molar-refractivity contribution is -0.274. The molecule has 7 nitrogen and oxygen atoms in total. The average molecular weight is 501 g/mol. The van der Waals surface area contributed by atoms with Crippen molar-refractivity contribution >= 4 is 49.8 Å². The Morgan fingerprint density at radius 1 is 1.48 bits per heavy atom. The molecule has 12 heteroatoms. The molecule has 0 aliphatic carbocycles. The molecule has 1 heterocycles. The van der Waals surface area contributed by atoms with Crippen LogP contribution in [0.25, 0.3) is 5.57 Å². The first-order valence-corrected chi connectivity index (χ1v) is 7.52. The van der Waals surface area contributed by atoms with Crippen molar-refractivity contribution in [3.63, 3.8) is 0 Å². The van der Waals surface area contributed by atoms with Gasteiger partial charge in [-0.2, -0.15) is 10.5 Å². The first-order valence-electron chi connectivity index (χ1n) is 5.65. The van der Waals surface area contributed by atoms with E-state index >= 15 is 0 Å². The standard InChI is InChI=1S/C11H5BrF3IN6O/c12-6-1-8(7(16)2-9(6)23-11(13,14)15)18-4-5(3-17)10-19-21-22-20-10/h1-2,4,18H,(H,19,20,21,22). The highest BCUT2D eigenvalue weighted by Crippen LogP contribution is 2.35. The molecule has 0 unspecified atom stereocenters. The highest BCUT2D eigenvalue weighted by atomic mass is 127. The van der Waals surface area contributed by atoms with Gasteiger partial charge >= 0.3 is 6.36 Å². The maximum Gasteiger partial charge on any atom is 0.573 e. The number of hydrogen-bond acceptors (Lipinski definition) is 6. The van der Waals surface area contributed by atoms with E-state index in [1.807, 2.05) is 28.7 Å². The summed E-state index contributed by atoms with van der Waals surface area (Å²) in [5, 5.41) is 24.7. The number of hydrogen-bond donors (Lipinski definition) is 2. The lowest BCUT2D eigenvalue weighted by atomic mass is 10.2. The number of ether oxygens (including phenoxy) is 1. The normalized spacial score (nSPS) is 11.9. The van der Waals surface area contributed by atoms with E-state index in [0.717, 1.165) is 0 Å². The smallest absolute Gasteiger partial charge is 0.405 e. The number of aromatic amines is 1. The average Bonchev–Trinajstić information content (AvgIpc) is 2.97. The van der Waals surface area contributed by atoms with Crippen LogP contribution in [-0.2, 0) is 0 Å². The molecule has 1 aromatic heterocycles. The third kappa shape index (κ3) is 4.79. The SMILES string of the molecule is N#CC(=CNc1cc(Br)c(OC(F)(F)F)cc1I)c1nn[nH]n1. The number of nitriles is 1. The second-order valence-corrected chi connectivity index (χ2v) is 5.88. The van der Waals surface area contributed by atoms with Crippen molar-refractivity contribution < 1.29 is 17.9 Å². The van der Waals surface area contributed by atoms with Crippen molar-refractivity contribution in [2.75, 3.05) is 5.32 Å². The van der Waals surface area contributed by atoms with Gasteiger partial charge in [0, 0.05) is 9.77 Å². The van der Waals surface area contributed by atoms with Crippen molar-refractivity contribution in [3.05, 3.63) is 32.2 Å². The number of tetrazole rings is 1. The monoisotopic (exact) mass is 500 g/mol. The van der Waals surface area contributed by atoms with Gasteiger partial charge in [-0.25, -0.2) is 0 Å². The molecule has 0 aliphatic heterocycles. The number of H-pyrrole nitrogens is 1. The van der Waals surface area contributed by atoms with E-state index < -0.39 is 6.36 Å². The molecular formula is C11H5BrF3IN6O. The third-order valence-corrected chi connectivity index (χ3v) is 3.84. The van der Waals surface area contributed by atoms with Crippen molar-refractivity contribution in [3.8, 4) is 11.8 Å². The van der Waals surface area contributed by atoms with E-state index in [-0.39, 0.29) is 21.6 Å². The van der Waals surface area contributed by atoms with Crippen molar-refractivity contribution in [2.24, 2.45) is 0 Å². The number of anilines is 1. The minimum absolute atomic E-state index is 0.0890. The number of benzene rings is 1. The maximum absolute atomic E-state index is 12.3. The molecule has 0 amide bonds. The molecule has 0 saturated carbocycles. The highest BCUT2D eigenvalue weighted by Gasteiger charge is 2.32. The fraction of sp³-hybridized carbons (Fsp3) is 0.0909. The van der Waals surface area contributed by atoms with Crippen molar-refractivity contribution in [1.82, 2.24) is 20.6 Å². The van der Waals surface area contributed by atoms with Gasteiger partial charge in [0.05, 0.1) is 10.2 Å². The molecule has 0 bridgehead atoms. The molecule has 1 aromatic carbocycles. The van der Waals surface area contributed by atoms with Crippen molar-refractivity contribution in [1.29, 1.82) is 5.26 Å². The zero-order chi connectivity index (χ0) is 17.0. The Labute approximate surface area is 149 Å². The number of halogens is 5. The lowest BCUT2D eigenvalue weighted by Crippen LogP contribution is -2.17. The predicted molar refractivity (Wildman–Crippen MR) is 84.9 cm³/mol. The second kappa shape index (κ2) is 7.13. The molecule has 2 aromatic rings. The zero-order valence-electron chi connectivity index (χ0n) is 10.8. The van der Waals surface area contributed by atoms with E-state index in [1.165, 1.54) is 18.3 Å². The summed E-state index contributed by atoms with van der Waals surface area (Å²) < 4.78 is 41.3. The molecule has 0 fully saturated rings. The minimum atomic E-state index is -4.78. The Hall–Kier alpha value is -1.88. The molecule has 120 valence electrons. The summed E-state index contributed by atoms with van der Waals surface area (Å²) in [6.45, 7) is 0. The van der Waals surface area contributed by atoms with Crippen LogP contribution in [0.4, 0.5) is 18.9 Å². The molecule has 23 heavy (non-hydrogen) atoms. The highest BCUT2D eigenvalue weighted by molar-refractivity contribution is 14.1. The summed E-state index contributed by atoms with van der Waals surface area (Å²) in [5.74, 6) is -0.277. The van der Waals surface area contributed by atoms with Gasteiger partial charge in [-0.1, -0.05) is 0 Å². The number of nitrogens with zero attached hydrogens (tertiary/aromatic N) is 4. The van der Waals surface area contributed by atoms with Crippen LogP contribution in [-0.4, -0.2) is 27.0 Å². The molecule has 0 aliphatic rings. The summed E-state index contributed by atoms with van der Waals surface area (Å²) in [6.07, 6.45) is -3.47. The second-order valence-electron chi connectivity index (χ2n) is 3.86. The summed E-state index contributed by atoms with van der Waals surface area (Å²) >= 11 is 4.84. The summed E-state index contributed by atoms with van der Waals surface area (Å²) in [5.41, 5.74) is 0.560. The molecule has 0 spiro atoms. The number of nitrogens with one attached hydrogen (secondary N) is 2. The van der Waals surface area contributed by atoms with Crippen LogP contribution >= 0.6 is 38.5 Å². The Balaban J connectivity index is 2.25. The topological polar surface area (TPSA) is 99.5 Å². The third-order valence-electron chi connectivity index (χ3n) is 2.33. The minimum Gasteiger partial charge on any atom is -0.405 e. The first kappa shape index (κ1) is 17.5. The fourth-order valence-corrected chi connectivity index (χ4v) is 2.43. The summed E-state index contributed by atoms with van der Waals surface area (Å²) in [4.78, 5) is 0. The van der Waals surface area contributed by atoms with E-state index in [0.29, 0.717) is 9.26 Å².